The Kier molecular flexibility index (Phi) is 4.09. The van der Waals surface area contributed by atoms with Gasteiger partial charge in [-0.1, -0.05) is 32.9 Å². The van der Waals surface area contributed by atoms with Gasteiger partial charge in [-0.2, -0.15) is 5.26 Å². The van der Waals surface area contributed by atoms with Gasteiger partial charge in [-0.25, -0.2) is 0 Å². The molecule has 1 amide bonds. The molecule has 0 aliphatic heterocycles. The Morgan fingerprint density at radius 3 is 2.33 bits per heavy atom. The van der Waals surface area contributed by atoms with Crippen LogP contribution in [0, 0.1) is 11.3 Å². The zero-order chi connectivity index (χ0) is 15.5. The van der Waals surface area contributed by atoms with Crippen molar-refractivity contribution in [2.45, 2.75) is 26.2 Å². The number of nitrogens with zero attached hydrogens (tertiary/aromatic N) is 1. The number of nitriles is 1. The van der Waals surface area contributed by atoms with Gasteiger partial charge >= 0.3 is 0 Å². The van der Waals surface area contributed by atoms with Crippen molar-refractivity contribution in [2.24, 2.45) is 0 Å². The number of hydrogen-bond acceptors (Lipinski definition) is 2. The molecule has 0 bridgehead atoms. The fourth-order valence-corrected chi connectivity index (χ4v) is 1.96. The molecule has 0 unspecified atom stereocenters. The number of rotatable bonds is 2. The highest BCUT2D eigenvalue weighted by Crippen LogP contribution is 2.23. The molecule has 0 aromatic heterocycles. The van der Waals surface area contributed by atoms with E-state index < -0.39 is 0 Å². The summed E-state index contributed by atoms with van der Waals surface area (Å²) in [4.78, 5) is 12.3. The lowest BCUT2D eigenvalue weighted by atomic mass is 9.86. The Hall–Kier alpha value is -2.60. The van der Waals surface area contributed by atoms with E-state index in [2.05, 4.69) is 32.2 Å². The van der Waals surface area contributed by atoms with Gasteiger partial charge in [0, 0.05) is 11.3 Å². The van der Waals surface area contributed by atoms with Gasteiger partial charge in [0.05, 0.1) is 11.6 Å². The first-order valence-electron chi connectivity index (χ1n) is 6.82. The van der Waals surface area contributed by atoms with Gasteiger partial charge in [0.2, 0.25) is 0 Å². The maximum Gasteiger partial charge on any atom is 0.255 e. The predicted molar refractivity (Wildman–Crippen MR) is 84.3 cm³/mol. The first kappa shape index (κ1) is 14.8. The summed E-state index contributed by atoms with van der Waals surface area (Å²) in [6.45, 7) is 6.35. The Labute approximate surface area is 125 Å². The zero-order valence-corrected chi connectivity index (χ0v) is 12.5. The van der Waals surface area contributed by atoms with E-state index in [0.29, 0.717) is 16.8 Å². The molecule has 0 spiro atoms. The summed E-state index contributed by atoms with van der Waals surface area (Å²) in [5.74, 6) is -0.147. The molecule has 3 heteroatoms. The Morgan fingerprint density at radius 1 is 1.10 bits per heavy atom. The summed E-state index contributed by atoms with van der Waals surface area (Å²) >= 11 is 0. The summed E-state index contributed by atoms with van der Waals surface area (Å²) in [7, 11) is 0. The first-order valence-corrected chi connectivity index (χ1v) is 6.82. The lowest BCUT2D eigenvalue weighted by Gasteiger charge is -2.19. The van der Waals surface area contributed by atoms with Crippen LogP contribution in [0.15, 0.2) is 48.5 Å². The fourth-order valence-electron chi connectivity index (χ4n) is 1.96. The molecule has 2 rings (SSSR count). The minimum absolute atomic E-state index is 0.00470. The van der Waals surface area contributed by atoms with Gasteiger partial charge < -0.3 is 5.32 Å². The van der Waals surface area contributed by atoms with E-state index in [4.69, 9.17) is 5.26 Å². The summed E-state index contributed by atoms with van der Waals surface area (Å²) in [5, 5.41) is 11.6. The highest BCUT2D eigenvalue weighted by Gasteiger charge is 2.15. The van der Waals surface area contributed by atoms with Crippen molar-refractivity contribution in [1.82, 2.24) is 0 Å². The van der Waals surface area contributed by atoms with E-state index in [1.54, 1.807) is 30.3 Å². The molecule has 0 heterocycles. The summed E-state index contributed by atoms with van der Waals surface area (Å²) in [5.41, 5.74) is 3.01. The Morgan fingerprint density at radius 2 is 1.76 bits per heavy atom. The van der Waals surface area contributed by atoms with Crippen LogP contribution in [0.1, 0.15) is 42.3 Å². The topological polar surface area (TPSA) is 52.9 Å². The third-order valence-electron chi connectivity index (χ3n) is 3.26. The molecule has 3 nitrogen and oxygen atoms in total. The Bertz CT molecular complexity index is 688. The number of carbonyl (C=O) groups is 1. The number of amides is 1. The van der Waals surface area contributed by atoms with Gasteiger partial charge in [0.25, 0.3) is 5.91 Å². The molecule has 106 valence electrons. The van der Waals surface area contributed by atoms with Gasteiger partial charge in [0.15, 0.2) is 0 Å². The highest BCUT2D eigenvalue weighted by atomic mass is 16.1. The number of hydrogen-bond donors (Lipinski definition) is 1. The number of nitrogens with one attached hydrogen (secondary N) is 1. The highest BCUT2D eigenvalue weighted by molar-refractivity contribution is 6.04. The van der Waals surface area contributed by atoms with Crippen LogP contribution in [-0.4, -0.2) is 5.91 Å². The van der Waals surface area contributed by atoms with Crippen LogP contribution in [0.2, 0.25) is 0 Å². The van der Waals surface area contributed by atoms with E-state index in [1.807, 2.05) is 18.2 Å². The normalized spacial score (nSPS) is 10.8. The minimum atomic E-state index is -0.147. The molecular weight excluding hydrogens is 260 g/mol. The molecule has 21 heavy (non-hydrogen) atoms. The molecule has 0 saturated carbocycles. The van der Waals surface area contributed by atoms with Gasteiger partial charge in [-0.15, -0.1) is 0 Å². The van der Waals surface area contributed by atoms with Crippen LogP contribution in [0.4, 0.5) is 5.69 Å². The minimum Gasteiger partial charge on any atom is -0.322 e. The molecule has 0 atom stereocenters. The van der Waals surface area contributed by atoms with Crippen LogP contribution in [0.5, 0.6) is 0 Å². The maximum atomic E-state index is 12.3. The second kappa shape index (κ2) is 5.80. The van der Waals surface area contributed by atoms with Gasteiger partial charge in [-0.05, 0) is 47.4 Å². The molecule has 1 N–H and O–H groups in total. The molecular formula is C18H18N2O. The van der Waals surface area contributed by atoms with Crippen molar-refractivity contribution in [1.29, 1.82) is 5.26 Å². The summed E-state index contributed by atoms with van der Waals surface area (Å²) < 4.78 is 0. The van der Waals surface area contributed by atoms with Gasteiger partial charge in [-0.3, -0.25) is 4.79 Å². The molecule has 0 fully saturated rings. The smallest absolute Gasteiger partial charge is 0.255 e. The third kappa shape index (κ3) is 3.70. The standard InChI is InChI=1S/C18H18N2O/c1-18(2,3)15-6-4-5-14(11-15)17(21)20-16-9-7-13(12-19)8-10-16/h4-11H,1-3H3,(H,20,21). The largest absolute Gasteiger partial charge is 0.322 e. The van der Waals surface area contributed by atoms with Crippen LogP contribution in [0.3, 0.4) is 0 Å². The molecule has 0 saturated heterocycles. The van der Waals surface area contributed by atoms with E-state index in [-0.39, 0.29) is 11.3 Å². The molecule has 0 aliphatic carbocycles. The predicted octanol–water partition coefficient (Wildman–Crippen LogP) is 4.11. The van der Waals surface area contributed by atoms with Crippen molar-refractivity contribution in [3.63, 3.8) is 0 Å². The molecule has 0 aliphatic rings. The zero-order valence-electron chi connectivity index (χ0n) is 12.5. The van der Waals surface area contributed by atoms with Crippen LogP contribution >= 0.6 is 0 Å². The van der Waals surface area contributed by atoms with Crippen molar-refractivity contribution in [3.8, 4) is 6.07 Å². The van der Waals surface area contributed by atoms with Crippen LogP contribution < -0.4 is 5.32 Å². The maximum absolute atomic E-state index is 12.3. The lowest BCUT2D eigenvalue weighted by molar-refractivity contribution is 0.102. The van der Waals surface area contributed by atoms with Gasteiger partial charge in [0.1, 0.15) is 0 Å². The second-order valence-electron chi connectivity index (χ2n) is 5.97. The van der Waals surface area contributed by atoms with E-state index in [9.17, 15) is 4.79 Å². The fraction of sp³-hybridized carbons (Fsp3) is 0.222. The van der Waals surface area contributed by atoms with Crippen molar-refractivity contribution in [3.05, 3.63) is 65.2 Å². The van der Waals surface area contributed by atoms with E-state index in [0.717, 1.165) is 5.56 Å². The molecule has 0 radical (unpaired) electrons. The second-order valence-corrected chi connectivity index (χ2v) is 5.97. The number of carbonyl (C=O) groups excluding carboxylic acids is 1. The van der Waals surface area contributed by atoms with E-state index >= 15 is 0 Å². The quantitative estimate of drug-likeness (QED) is 0.898. The third-order valence-corrected chi connectivity index (χ3v) is 3.26. The van der Waals surface area contributed by atoms with Crippen LogP contribution in [-0.2, 0) is 5.41 Å². The summed E-state index contributed by atoms with van der Waals surface area (Å²) in [6, 6.07) is 16.5. The first-order chi connectivity index (χ1) is 9.90. The lowest BCUT2D eigenvalue weighted by Crippen LogP contribution is -2.15. The van der Waals surface area contributed by atoms with Crippen molar-refractivity contribution >= 4 is 11.6 Å². The van der Waals surface area contributed by atoms with E-state index in [1.165, 1.54) is 0 Å². The molecule has 2 aromatic rings. The average molecular weight is 278 g/mol. The Balaban J connectivity index is 2.18. The SMILES string of the molecule is CC(C)(C)c1cccc(C(=O)Nc2ccc(C#N)cc2)c1. The monoisotopic (exact) mass is 278 g/mol. The summed E-state index contributed by atoms with van der Waals surface area (Å²) in [6.07, 6.45) is 0. The van der Waals surface area contributed by atoms with Crippen LogP contribution in [0.25, 0.3) is 0 Å². The van der Waals surface area contributed by atoms with Crippen molar-refractivity contribution < 1.29 is 4.79 Å². The molecule has 2 aromatic carbocycles. The average Bonchev–Trinajstić information content (AvgIpc) is 2.47. The van der Waals surface area contributed by atoms with Crippen molar-refractivity contribution in [2.75, 3.05) is 5.32 Å². The number of benzene rings is 2. The number of anilines is 1.